The molecule has 0 radical (unpaired) electrons. The number of nitrogens with zero attached hydrogens (tertiary/aromatic N) is 2. The highest BCUT2D eigenvalue weighted by Gasteiger charge is 2.36. The molecule has 2 aliphatic rings. The van der Waals surface area contributed by atoms with Crippen molar-refractivity contribution < 1.29 is 31.9 Å². The molecule has 4 aromatic carbocycles. The molecule has 0 aromatic heterocycles. The van der Waals surface area contributed by atoms with Crippen LogP contribution < -0.4 is 19.1 Å². The predicted molar refractivity (Wildman–Crippen MR) is 192 cm³/mol. The number of nitrogens with one attached hydrogen (secondary N) is 1. The predicted octanol–water partition coefficient (Wildman–Crippen LogP) is 6.64. The van der Waals surface area contributed by atoms with Crippen LogP contribution in [-0.2, 0) is 32.6 Å². The molecule has 0 unspecified atom stereocenters. The molecule has 0 saturated heterocycles. The van der Waals surface area contributed by atoms with Crippen molar-refractivity contribution in [2.45, 2.75) is 62.0 Å². The van der Waals surface area contributed by atoms with Gasteiger partial charge in [-0.2, -0.15) is 0 Å². The molecule has 1 atom stereocenters. The van der Waals surface area contributed by atoms with E-state index < -0.39 is 34.3 Å². The molecular formula is C38H39BrFN3O6S. The van der Waals surface area contributed by atoms with Gasteiger partial charge in [-0.25, -0.2) is 12.8 Å². The Morgan fingerprint density at radius 2 is 1.54 bits per heavy atom. The SMILES string of the molecule is O=C(NC1CCCCC1)[C@H](Cc1ccccc1)N(Cc1cccc(Br)c1)C(=O)CN(c1ccc(F)cc1)S(=O)(=O)c1ccc2c(c1)OCCO2. The van der Waals surface area contributed by atoms with E-state index in [4.69, 9.17) is 9.47 Å². The lowest BCUT2D eigenvalue weighted by atomic mass is 9.94. The number of rotatable bonds is 12. The minimum Gasteiger partial charge on any atom is -0.486 e. The molecule has 4 aromatic rings. The highest BCUT2D eigenvalue weighted by atomic mass is 79.9. The van der Waals surface area contributed by atoms with Crippen LogP contribution in [0.25, 0.3) is 0 Å². The first kappa shape index (κ1) is 35.4. The molecule has 0 bridgehead atoms. The number of hydrogen-bond donors (Lipinski definition) is 1. The summed E-state index contributed by atoms with van der Waals surface area (Å²) in [5, 5.41) is 3.21. The van der Waals surface area contributed by atoms with Gasteiger partial charge in [0.15, 0.2) is 11.5 Å². The highest BCUT2D eigenvalue weighted by molar-refractivity contribution is 9.10. The average molecular weight is 765 g/mol. The van der Waals surface area contributed by atoms with Gasteiger partial charge in [-0.15, -0.1) is 0 Å². The fourth-order valence-corrected chi connectivity index (χ4v) is 8.25. The van der Waals surface area contributed by atoms with Crippen LogP contribution >= 0.6 is 15.9 Å². The summed E-state index contributed by atoms with van der Waals surface area (Å²) < 4.78 is 55.9. The standard InChI is InChI=1S/C38H39BrFN3O6S/c39-29-11-7-10-28(22-29)25-42(34(23-27-8-3-1-4-9-27)38(45)41-31-12-5-2-6-13-31)37(44)26-43(32-16-14-30(40)15-17-32)50(46,47)33-18-19-35-36(24-33)49-21-20-48-35/h1,3-4,7-11,14-19,22,24,31,34H,2,5-6,12-13,20-21,23,25-26H2,(H,41,45)/t34-/m0/s1. The molecule has 1 fully saturated rings. The third-order valence-electron chi connectivity index (χ3n) is 8.96. The van der Waals surface area contributed by atoms with E-state index in [0.29, 0.717) is 12.4 Å². The Balaban J connectivity index is 1.40. The summed E-state index contributed by atoms with van der Waals surface area (Å²) in [4.78, 5) is 30.3. The first-order valence-corrected chi connectivity index (χ1v) is 19.0. The number of benzene rings is 4. The van der Waals surface area contributed by atoms with Gasteiger partial charge in [0.2, 0.25) is 11.8 Å². The summed E-state index contributed by atoms with van der Waals surface area (Å²) in [7, 11) is -4.42. The summed E-state index contributed by atoms with van der Waals surface area (Å²) >= 11 is 3.51. The van der Waals surface area contributed by atoms with Crippen molar-refractivity contribution in [1.82, 2.24) is 10.2 Å². The van der Waals surface area contributed by atoms with Crippen molar-refractivity contribution in [3.8, 4) is 11.5 Å². The zero-order valence-electron chi connectivity index (χ0n) is 27.5. The van der Waals surface area contributed by atoms with E-state index in [-0.39, 0.29) is 47.9 Å². The van der Waals surface area contributed by atoms with E-state index in [2.05, 4.69) is 21.2 Å². The molecule has 0 spiro atoms. The van der Waals surface area contributed by atoms with Gasteiger partial charge >= 0.3 is 0 Å². The lowest BCUT2D eigenvalue weighted by Gasteiger charge is -2.35. The van der Waals surface area contributed by atoms with E-state index >= 15 is 0 Å². The Morgan fingerprint density at radius 3 is 2.26 bits per heavy atom. The fourth-order valence-electron chi connectivity index (χ4n) is 6.38. The Bertz CT molecular complexity index is 1910. The number of halogens is 2. The Morgan fingerprint density at radius 1 is 0.840 bits per heavy atom. The Labute approximate surface area is 300 Å². The van der Waals surface area contributed by atoms with Crippen molar-refractivity contribution in [3.63, 3.8) is 0 Å². The lowest BCUT2D eigenvalue weighted by Crippen LogP contribution is -2.55. The minimum absolute atomic E-state index is 0.0105. The molecule has 50 heavy (non-hydrogen) atoms. The highest BCUT2D eigenvalue weighted by Crippen LogP contribution is 2.34. The van der Waals surface area contributed by atoms with Crippen molar-refractivity contribution >= 4 is 43.5 Å². The summed E-state index contributed by atoms with van der Waals surface area (Å²) in [5.41, 5.74) is 1.69. The second-order valence-electron chi connectivity index (χ2n) is 12.5. The molecule has 1 aliphatic carbocycles. The van der Waals surface area contributed by atoms with E-state index in [0.717, 1.165) is 64.1 Å². The van der Waals surface area contributed by atoms with Gasteiger partial charge in [0.05, 0.1) is 10.6 Å². The normalized spacial score (nSPS) is 15.2. The molecule has 9 nitrogen and oxygen atoms in total. The maximum Gasteiger partial charge on any atom is 0.264 e. The van der Waals surface area contributed by atoms with Crippen LogP contribution in [0.4, 0.5) is 10.1 Å². The molecule has 1 heterocycles. The van der Waals surface area contributed by atoms with Crippen LogP contribution in [0.1, 0.15) is 43.2 Å². The second kappa shape index (κ2) is 16.1. The van der Waals surface area contributed by atoms with Gasteiger partial charge < -0.3 is 19.7 Å². The summed E-state index contributed by atoms with van der Waals surface area (Å²) in [6.45, 7) is -0.0257. The maximum absolute atomic E-state index is 14.7. The molecule has 6 rings (SSSR count). The van der Waals surface area contributed by atoms with Crippen LogP contribution in [0.3, 0.4) is 0 Å². The second-order valence-corrected chi connectivity index (χ2v) is 15.3. The molecule has 12 heteroatoms. The minimum atomic E-state index is -4.42. The van der Waals surface area contributed by atoms with Gasteiger partial charge in [-0.05, 0) is 72.5 Å². The van der Waals surface area contributed by atoms with Gasteiger partial charge in [-0.3, -0.25) is 13.9 Å². The van der Waals surface area contributed by atoms with E-state index in [1.165, 1.54) is 35.2 Å². The molecular weight excluding hydrogens is 725 g/mol. The summed E-state index contributed by atoms with van der Waals surface area (Å²) in [6, 6.07) is 25.1. The monoisotopic (exact) mass is 763 g/mol. The maximum atomic E-state index is 14.7. The number of hydrogen-bond acceptors (Lipinski definition) is 6. The van der Waals surface area contributed by atoms with Crippen LogP contribution in [0, 0.1) is 5.82 Å². The molecule has 1 N–H and O–H groups in total. The van der Waals surface area contributed by atoms with E-state index in [1.807, 2.05) is 54.6 Å². The summed E-state index contributed by atoms with van der Waals surface area (Å²) in [6.07, 6.45) is 5.07. The van der Waals surface area contributed by atoms with E-state index in [9.17, 15) is 22.4 Å². The number of anilines is 1. The third-order valence-corrected chi connectivity index (χ3v) is 11.2. The largest absolute Gasteiger partial charge is 0.486 e. The Hall–Kier alpha value is -4.42. The third kappa shape index (κ3) is 8.65. The molecule has 262 valence electrons. The van der Waals surface area contributed by atoms with Crippen LogP contribution in [-0.4, -0.2) is 57.0 Å². The number of carbonyl (C=O) groups is 2. The van der Waals surface area contributed by atoms with Gasteiger partial charge in [0.1, 0.15) is 31.6 Å². The van der Waals surface area contributed by atoms with Crippen LogP contribution in [0.5, 0.6) is 11.5 Å². The quantitative estimate of drug-likeness (QED) is 0.174. The van der Waals surface area contributed by atoms with Crippen molar-refractivity contribution in [3.05, 3.63) is 118 Å². The molecule has 1 aliphatic heterocycles. The van der Waals surface area contributed by atoms with Crippen LogP contribution in [0.2, 0.25) is 0 Å². The van der Waals surface area contributed by atoms with Gasteiger partial charge in [-0.1, -0.05) is 77.7 Å². The number of amides is 2. The van der Waals surface area contributed by atoms with Gasteiger partial charge in [0.25, 0.3) is 10.0 Å². The first-order valence-electron chi connectivity index (χ1n) is 16.7. The first-order chi connectivity index (χ1) is 24.2. The number of ether oxygens (including phenoxy) is 2. The number of carbonyl (C=O) groups excluding carboxylic acids is 2. The molecule has 1 saturated carbocycles. The number of sulfonamides is 1. The lowest BCUT2D eigenvalue weighted by molar-refractivity contribution is -0.140. The van der Waals surface area contributed by atoms with Crippen molar-refractivity contribution in [2.75, 3.05) is 24.1 Å². The smallest absolute Gasteiger partial charge is 0.264 e. The zero-order valence-corrected chi connectivity index (χ0v) is 29.9. The topological polar surface area (TPSA) is 105 Å². The fraction of sp³-hybridized carbons (Fsp3) is 0.316. The Kier molecular flexibility index (Phi) is 11.4. The molecule has 2 amide bonds. The zero-order chi connectivity index (χ0) is 35.1. The van der Waals surface area contributed by atoms with Gasteiger partial charge in [0, 0.05) is 29.5 Å². The van der Waals surface area contributed by atoms with Crippen LogP contribution in [0.15, 0.2) is 106 Å². The van der Waals surface area contributed by atoms with Crippen molar-refractivity contribution in [2.24, 2.45) is 0 Å². The van der Waals surface area contributed by atoms with E-state index in [1.54, 1.807) is 0 Å². The summed E-state index contributed by atoms with van der Waals surface area (Å²) in [5.74, 6) is -0.786. The number of fused-ring (bicyclic) bond motifs is 1. The van der Waals surface area contributed by atoms with Crippen molar-refractivity contribution in [1.29, 1.82) is 0 Å². The average Bonchev–Trinajstić information content (AvgIpc) is 3.13.